The molecule has 0 radical (unpaired) electrons. The SMILES string of the molecule is CCC1CCC(C)N1c1ccc2scnc2c1N. The van der Waals surface area contributed by atoms with Gasteiger partial charge in [-0.15, -0.1) is 11.3 Å². The molecule has 1 fully saturated rings. The van der Waals surface area contributed by atoms with Gasteiger partial charge in [0.15, 0.2) is 0 Å². The highest BCUT2D eigenvalue weighted by Crippen LogP contribution is 2.39. The van der Waals surface area contributed by atoms with Crippen LogP contribution in [0, 0.1) is 0 Å². The average Bonchev–Trinajstić information content (AvgIpc) is 2.97. The van der Waals surface area contributed by atoms with Crippen LogP contribution in [-0.4, -0.2) is 17.1 Å². The molecular formula is C14H19N3S. The lowest BCUT2D eigenvalue weighted by Crippen LogP contribution is -2.34. The van der Waals surface area contributed by atoms with Gasteiger partial charge in [-0.1, -0.05) is 6.92 Å². The van der Waals surface area contributed by atoms with Crippen LogP contribution in [0.3, 0.4) is 0 Å². The molecule has 0 saturated carbocycles. The highest BCUT2D eigenvalue weighted by atomic mass is 32.1. The van der Waals surface area contributed by atoms with Crippen molar-refractivity contribution in [3.63, 3.8) is 0 Å². The lowest BCUT2D eigenvalue weighted by molar-refractivity contribution is 0.629. The van der Waals surface area contributed by atoms with Gasteiger partial charge in [-0.05, 0) is 38.3 Å². The molecule has 3 rings (SSSR count). The smallest absolute Gasteiger partial charge is 0.106 e. The first kappa shape index (κ1) is 11.8. The molecule has 0 spiro atoms. The lowest BCUT2D eigenvalue weighted by atomic mass is 10.1. The van der Waals surface area contributed by atoms with Crippen LogP contribution in [0.4, 0.5) is 11.4 Å². The van der Waals surface area contributed by atoms with Gasteiger partial charge in [0.2, 0.25) is 0 Å². The molecule has 2 N–H and O–H groups in total. The molecule has 1 aromatic carbocycles. The van der Waals surface area contributed by atoms with Gasteiger partial charge in [0, 0.05) is 12.1 Å². The van der Waals surface area contributed by atoms with Gasteiger partial charge < -0.3 is 10.6 Å². The molecule has 1 aliphatic rings. The summed E-state index contributed by atoms with van der Waals surface area (Å²) in [7, 11) is 0. The Balaban J connectivity index is 2.10. The number of anilines is 2. The van der Waals surface area contributed by atoms with Crippen LogP contribution in [0.25, 0.3) is 10.2 Å². The summed E-state index contributed by atoms with van der Waals surface area (Å²) in [6, 6.07) is 5.52. The van der Waals surface area contributed by atoms with Crippen molar-refractivity contribution in [2.24, 2.45) is 0 Å². The highest BCUT2D eigenvalue weighted by Gasteiger charge is 2.30. The molecule has 1 aliphatic heterocycles. The zero-order valence-corrected chi connectivity index (χ0v) is 11.7. The molecule has 2 unspecified atom stereocenters. The van der Waals surface area contributed by atoms with Crippen LogP contribution in [0.1, 0.15) is 33.1 Å². The number of nitrogens with zero attached hydrogens (tertiary/aromatic N) is 2. The zero-order chi connectivity index (χ0) is 12.7. The van der Waals surface area contributed by atoms with Crippen LogP contribution in [-0.2, 0) is 0 Å². The summed E-state index contributed by atoms with van der Waals surface area (Å²) in [5, 5.41) is 0. The van der Waals surface area contributed by atoms with Crippen LogP contribution in [0.15, 0.2) is 17.6 Å². The summed E-state index contributed by atoms with van der Waals surface area (Å²) in [4.78, 5) is 6.89. The maximum Gasteiger partial charge on any atom is 0.106 e. The zero-order valence-electron chi connectivity index (χ0n) is 10.9. The van der Waals surface area contributed by atoms with E-state index in [2.05, 4.69) is 35.9 Å². The van der Waals surface area contributed by atoms with E-state index in [1.54, 1.807) is 11.3 Å². The summed E-state index contributed by atoms with van der Waals surface area (Å²) in [6.07, 6.45) is 3.71. The molecule has 2 atom stereocenters. The quantitative estimate of drug-likeness (QED) is 0.839. The van der Waals surface area contributed by atoms with E-state index in [1.807, 2.05) is 5.51 Å². The van der Waals surface area contributed by atoms with Crippen molar-refractivity contribution in [3.8, 4) is 0 Å². The fraction of sp³-hybridized carbons (Fsp3) is 0.500. The highest BCUT2D eigenvalue weighted by molar-refractivity contribution is 7.16. The Bertz CT molecular complexity index is 563. The molecule has 96 valence electrons. The first-order chi connectivity index (χ1) is 8.72. The second-order valence-corrected chi connectivity index (χ2v) is 5.98. The monoisotopic (exact) mass is 261 g/mol. The minimum atomic E-state index is 0.577. The van der Waals surface area contributed by atoms with Gasteiger partial charge in [0.25, 0.3) is 0 Å². The van der Waals surface area contributed by atoms with E-state index in [0.717, 1.165) is 11.2 Å². The van der Waals surface area contributed by atoms with Crippen molar-refractivity contribution in [1.29, 1.82) is 0 Å². The van der Waals surface area contributed by atoms with Crippen molar-refractivity contribution in [3.05, 3.63) is 17.6 Å². The second kappa shape index (κ2) is 4.43. The average molecular weight is 261 g/mol. The molecule has 0 bridgehead atoms. The van der Waals surface area contributed by atoms with Crippen LogP contribution >= 0.6 is 11.3 Å². The minimum Gasteiger partial charge on any atom is -0.395 e. The molecule has 0 aliphatic carbocycles. The topological polar surface area (TPSA) is 42.2 Å². The van der Waals surface area contributed by atoms with E-state index < -0.39 is 0 Å². The third-order valence-corrected chi connectivity index (χ3v) is 4.85. The number of aromatic nitrogens is 1. The van der Waals surface area contributed by atoms with Crippen molar-refractivity contribution in [2.45, 2.75) is 45.2 Å². The number of hydrogen-bond acceptors (Lipinski definition) is 4. The van der Waals surface area contributed by atoms with Gasteiger partial charge in [0.05, 0.1) is 21.6 Å². The fourth-order valence-corrected chi connectivity index (χ4v) is 3.77. The number of nitrogen functional groups attached to an aromatic ring is 1. The second-order valence-electron chi connectivity index (χ2n) is 5.09. The van der Waals surface area contributed by atoms with Crippen LogP contribution in [0.2, 0.25) is 0 Å². The Hall–Kier alpha value is -1.29. The first-order valence-corrected chi connectivity index (χ1v) is 7.50. The van der Waals surface area contributed by atoms with Gasteiger partial charge in [-0.25, -0.2) is 4.98 Å². The standard InChI is InChI=1S/C14H19N3S/c1-3-10-5-4-9(2)17(10)11-6-7-12-14(13(11)15)16-8-18-12/h6-10H,3-5,15H2,1-2H3. The van der Waals surface area contributed by atoms with Gasteiger partial charge in [-0.3, -0.25) is 0 Å². The molecule has 1 saturated heterocycles. The van der Waals surface area contributed by atoms with E-state index in [1.165, 1.54) is 29.6 Å². The largest absolute Gasteiger partial charge is 0.395 e. The Kier molecular flexibility index (Phi) is 2.90. The van der Waals surface area contributed by atoms with Crippen molar-refractivity contribution in [1.82, 2.24) is 4.98 Å². The predicted molar refractivity (Wildman–Crippen MR) is 79.3 cm³/mol. The van der Waals surface area contributed by atoms with Crippen molar-refractivity contribution >= 4 is 32.9 Å². The third kappa shape index (κ3) is 1.67. The van der Waals surface area contributed by atoms with E-state index >= 15 is 0 Å². The summed E-state index contributed by atoms with van der Waals surface area (Å²) in [6.45, 7) is 4.55. The van der Waals surface area contributed by atoms with E-state index in [9.17, 15) is 0 Å². The molecule has 2 heterocycles. The van der Waals surface area contributed by atoms with Crippen LogP contribution < -0.4 is 10.6 Å². The van der Waals surface area contributed by atoms with Crippen LogP contribution in [0.5, 0.6) is 0 Å². The Morgan fingerprint density at radius 1 is 1.44 bits per heavy atom. The Morgan fingerprint density at radius 2 is 2.28 bits per heavy atom. The maximum absolute atomic E-state index is 6.32. The number of benzene rings is 1. The number of hydrogen-bond donors (Lipinski definition) is 1. The summed E-state index contributed by atoms with van der Waals surface area (Å²) in [5.74, 6) is 0. The first-order valence-electron chi connectivity index (χ1n) is 6.62. The normalized spacial score (nSPS) is 24.0. The predicted octanol–water partition coefficient (Wildman–Crippen LogP) is 3.65. The number of fused-ring (bicyclic) bond motifs is 1. The molecule has 4 heteroatoms. The van der Waals surface area contributed by atoms with Crippen molar-refractivity contribution < 1.29 is 0 Å². The molecular weight excluding hydrogens is 242 g/mol. The van der Waals surface area contributed by atoms with E-state index in [0.29, 0.717) is 12.1 Å². The molecule has 1 aromatic heterocycles. The van der Waals surface area contributed by atoms with Crippen molar-refractivity contribution in [2.75, 3.05) is 10.6 Å². The summed E-state index contributed by atoms with van der Waals surface area (Å²) < 4.78 is 1.18. The number of rotatable bonds is 2. The molecule has 0 amide bonds. The molecule has 18 heavy (non-hydrogen) atoms. The number of nitrogens with two attached hydrogens (primary N) is 1. The number of thiazole rings is 1. The van der Waals surface area contributed by atoms with Gasteiger partial charge in [-0.2, -0.15) is 0 Å². The van der Waals surface area contributed by atoms with Gasteiger partial charge >= 0.3 is 0 Å². The third-order valence-electron chi connectivity index (χ3n) is 4.05. The maximum atomic E-state index is 6.32. The Morgan fingerprint density at radius 3 is 3.06 bits per heavy atom. The van der Waals surface area contributed by atoms with Gasteiger partial charge in [0.1, 0.15) is 5.52 Å². The summed E-state index contributed by atoms with van der Waals surface area (Å²) in [5.41, 5.74) is 11.2. The fourth-order valence-electron chi connectivity index (χ4n) is 3.07. The molecule has 2 aromatic rings. The Labute approximate surface area is 112 Å². The summed E-state index contributed by atoms with van der Waals surface area (Å²) >= 11 is 1.65. The van der Waals surface area contributed by atoms with E-state index in [-0.39, 0.29) is 0 Å². The molecule has 3 nitrogen and oxygen atoms in total. The van der Waals surface area contributed by atoms with E-state index in [4.69, 9.17) is 5.73 Å². The minimum absolute atomic E-state index is 0.577. The lowest BCUT2D eigenvalue weighted by Gasteiger charge is -2.31.